The van der Waals surface area contributed by atoms with Crippen molar-refractivity contribution >= 4 is 6.41 Å². The van der Waals surface area contributed by atoms with Crippen LogP contribution in [0.3, 0.4) is 0 Å². The highest BCUT2D eigenvalue weighted by Crippen LogP contribution is 1.99. The summed E-state index contributed by atoms with van der Waals surface area (Å²) in [5.74, 6) is 0. The molecule has 13 heavy (non-hydrogen) atoms. The van der Waals surface area contributed by atoms with Crippen molar-refractivity contribution in [3.05, 3.63) is 0 Å². The Kier molecular flexibility index (Phi) is 4.74. The summed E-state index contributed by atoms with van der Waals surface area (Å²) in [6.45, 7) is 4.74. The lowest BCUT2D eigenvalue weighted by Gasteiger charge is -2.33. The maximum atomic E-state index is 10.0. The van der Waals surface area contributed by atoms with Gasteiger partial charge in [-0.25, -0.2) is 5.01 Å². The van der Waals surface area contributed by atoms with Crippen molar-refractivity contribution in [2.75, 3.05) is 39.3 Å². The molecule has 1 aliphatic rings. The fraction of sp³-hybridized carbons (Fsp3) is 0.875. The number of nitrogens with one attached hydrogen (secondary N) is 1. The van der Waals surface area contributed by atoms with Gasteiger partial charge in [-0.2, -0.15) is 0 Å². The van der Waals surface area contributed by atoms with Crippen molar-refractivity contribution < 1.29 is 9.90 Å². The van der Waals surface area contributed by atoms with Crippen LogP contribution in [0.2, 0.25) is 0 Å². The molecule has 0 bridgehead atoms. The third kappa shape index (κ3) is 3.71. The van der Waals surface area contributed by atoms with Gasteiger partial charge in [-0.05, 0) is 6.42 Å². The van der Waals surface area contributed by atoms with Gasteiger partial charge in [0.15, 0.2) is 0 Å². The van der Waals surface area contributed by atoms with Crippen LogP contribution in [-0.2, 0) is 4.79 Å². The molecular weight excluding hydrogens is 170 g/mol. The first-order chi connectivity index (χ1) is 6.36. The lowest BCUT2D eigenvalue weighted by molar-refractivity contribution is 0.105. The van der Waals surface area contributed by atoms with Crippen LogP contribution in [0.5, 0.6) is 0 Å². The normalized spacial score (nSPS) is 20.1. The largest absolute Gasteiger partial charge is 0.396 e. The number of carbonyl (C=O) groups excluding carboxylic acids is 1. The fourth-order valence-electron chi connectivity index (χ4n) is 1.44. The molecule has 75 valence electrons. The molecule has 5 heteroatoms. The predicted octanol–water partition coefficient (Wildman–Crippen LogP) is -1.44. The molecule has 0 aromatic heterocycles. The number of rotatable bonds is 5. The molecule has 1 heterocycles. The predicted molar refractivity (Wildman–Crippen MR) is 48.5 cm³/mol. The molecule has 0 aliphatic carbocycles. The zero-order valence-electron chi connectivity index (χ0n) is 7.70. The van der Waals surface area contributed by atoms with E-state index in [9.17, 15) is 4.79 Å². The van der Waals surface area contributed by atoms with Crippen molar-refractivity contribution in [1.29, 1.82) is 0 Å². The molecular formula is C8H16N3O2. The molecule has 1 saturated heterocycles. The molecule has 5 nitrogen and oxygen atoms in total. The molecule has 0 atom stereocenters. The summed E-state index contributed by atoms with van der Waals surface area (Å²) >= 11 is 0. The standard InChI is InChI=1S/C8H16N3O2/c12-7-1-2-10-3-5-11(6-4-10)9-8-13/h12H,1-7H2,(H,9,13). The van der Waals surface area contributed by atoms with Crippen LogP contribution < -0.4 is 5.43 Å². The Morgan fingerprint density at radius 2 is 2.00 bits per heavy atom. The van der Waals surface area contributed by atoms with Crippen molar-refractivity contribution in [1.82, 2.24) is 15.3 Å². The summed E-state index contributed by atoms with van der Waals surface area (Å²) in [6, 6.07) is 0. The van der Waals surface area contributed by atoms with E-state index in [1.165, 1.54) is 0 Å². The van der Waals surface area contributed by atoms with E-state index in [2.05, 4.69) is 10.3 Å². The van der Waals surface area contributed by atoms with Gasteiger partial charge in [0.25, 0.3) is 0 Å². The fourth-order valence-corrected chi connectivity index (χ4v) is 1.44. The summed E-state index contributed by atoms with van der Waals surface area (Å²) in [7, 11) is 0. The number of aliphatic hydroxyl groups is 1. The average Bonchev–Trinajstić information content (AvgIpc) is 2.17. The van der Waals surface area contributed by atoms with Crippen molar-refractivity contribution in [3.8, 4) is 0 Å². The molecule has 1 radical (unpaired) electrons. The van der Waals surface area contributed by atoms with Crippen LogP contribution in [0.1, 0.15) is 6.42 Å². The first-order valence-electron chi connectivity index (χ1n) is 4.58. The molecule has 0 aromatic rings. The molecule has 1 fully saturated rings. The highest BCUT2D eigenvalue weighted by Gasteiger charge is 2.15. The van der Waals surface area contributed by atoms with Crippen LogP contribution in [0.4, 0.5) is 0 Å². The zero-order chi connectivity index (χ0) is 9.52. The van der Waals surface area contributed by atoms with Crippen molar-refractivity contribution in [3.63, 3.8) is 0 Å². The quantitative estimate of drug-likeness (QED) is 0.516. The second kappa shape index (κ2) is 5.90. The van der Waals surface area contributed by atoms with E-state index in [0.29, 0.717) is 0 Å². The van der Waals surface area contributed by atoms with Crippen molar-refractivity contribution in [2.24, 2.45) is 0 Å². The second-order valence-corrected chi connectivity index (χ2v) is 3.12. The minimum Gasteiger partial charge on any atom is -0.396 e. The zero-order valence-corrected chi connectivity index (χ0v) is 7.70. The van der Waals surface area contributed by atoms with Gasteiger partial charge >= 0.3 is 6.41 Å². The van der Waals surface area contributed by atoms with Crippen LogP contribution in [0, 0.1) is 0 Å². The Morgan fingerprint density at radius 1 is 1.31 bits per heavy atom. The number of hydrazine groups is 1. The average molecular weight is 186 g/mol. The second-order valence-electron chi connectivity index (χ2n) is 3.12. The third-order valence-electron chi connectivity index (χ3n) is 2.21. The summed E-state index contributed by atoms with van der Waals surface area (Å²) in [6.07, 6.45) is 2.49. The van der Waals surface area contributed by atoms with E-state index in [-0.39, 0.29) is 6.61 Å². The summed E-state index contributed by atoms with van der Waals surface area (Å²) in [5, 5.41) is 10.5. The van der Waals surface area contributed by atoms with Gasteiger partial charge in [-0.3, -0.25) is 10.2 Å². The van der Waals surface area contributed by atoms with Crippen LogP contribution in [0.15, 0.2) is 0 Å². The maximum Gasteiger partial charge on any atom is 0.324 e. The van der Waals surface area contributed by atoms with Gasteiger partial charge in [-0.15, -0.1) is 0 Å². The molecule has 1 aliphatic heterocycles. The Balaban J connectivity index is 2.11. The smallest absolute Gasteiger partial charge is 0.324 e. The summed E-state index contributed by atoms with van der Waals surface area (Å²) < 4.78 is 0. The number of hydrogen-bond acceptors (Lipinski definition) is 4. The highest BCUT2D eigenvalue weighted by molar-refractivity contribution is 5.46. The summed E-state index contributed by atoms with van der Waals surface area (Å²) in [4.78, 5) is 12.3. The molecule has 0 spiro atoms. The van der Waals surface area contributed by atoms with Gasteiger partial charge in [0.05, 0.1) is 0 Å². The van der Waals surface area contributed by atoms with Crippen molar-refractivity contribution in [2.45, 2.75) is 6.42 Å². The van der Waals surface area contributed by atoms with Crippen LogP contribution in [-0.4, -0.2) is 60.8 Å². The third-order valence-corrected chi connectivity index (χ3v) is 2.21. The Morgan fingerprint density at radius 3 is 2.54 bits per heavy atom. The topological polar surface area (TPSA) is 55.8 Å². The number of piperazine rings is 1. The monoisotopic (exact) mass is 186 g/mol. The van der Waals surface area contributed by atoms with Crippen LogP contribution in [0.25, 0.3) is 0 Å². The van der Waals surface area contributed by atoms with Gasteiger partial charge in [0, 0.05) is 39.3 Å². The number of amides is 1. The molecule has 2 N–H and O–H groups in total. The van der Waals surface area contributed by atoms with E-state index in [1.54, 1.807) is 6.41 Å². The Bertz CT molecular complexity index is 146. The number of aliphatic hydroxyl groups excluding tert-OH is 1. The molecule has 1 rings (SSSR count). The minimum atomic E-state index is 0.251. The lowest BCUT2D eigenvalue weighted by atomic mass is 10.3. The number of nitrogens with zero attached hydrogens (tertiary/aromatic N) is 2. The van der Waals surface area contributed by atoms with Gasteiger partial charge < -0.3 is 10.0 Å². The van der Waals surface area contributed by atoms with Crippen LogP contribution >= 0.6 is 0 Å². The summed E-state index contributed by atoms with van der Waals surface area (Å²) in [5.41, 5.74) is 2.51. The maximum absolute atomic E-state index is 10.0. The van der Waals surface area contributed by atoms with Gasteiger partial charge in [-0.1, -0.05) is 0 Å². The van der Waals surface area contributed by atoms with Gasteiger partial charge in [0.2, 0.25) is 0 Å². The van der Waals surface area contributed by atoms with E-state index in [1.807, 2.05) is 5.01 Å². The highest BCUT2D eigenvalue weighted by atomic mass is 16.3. The Labute approximate surface area is 78.3 Å². The SMILES string of the molecule is O=[C]NN1CCN(CCCO)CC1. The van der Waals surface area contributed by atoms with E-state index < -0.39 is 0 Å². The van der Waals surface area contributed by atoms with E-state index in [0.717, 1.165) is 39.1 Å². The lowest BCUT2D eigenvalue weighted by Crippen LogP contribution is -2.51. The first-order valence-corrected chi connectivity index (χ1v) is 4.58. The molecule has 1 amide bonds. The Hall–Kier alpha value is -0.650. The molecule has 0 saturated carbocycles. The first kappa shape index (κ1) is 10.4. The van der Waals surface area contributed by atoms with E-state index >= 15 is 0 Å². The molecule has 0 unspecified atom stereocenters. The van der Waals surface area contributed by atoms with E-state index in [4.69, 9.17) is 5.11 Å². The minimum absolute atomic E-state index is 0.251. The number of hydrogen-bond donors (Lipinski definition) is 2. The van der Waals surface area contributed by atoms with Gasteiger partial charge in [0.1, 0.15) is 0 Å². The molecule has 0 aromatic carbocycles.